The molecule has 0 saturated heterocycles. The second kappa shape index (κ2) is 5.72. The fourth-order valence-corrected chi connectivity index (χ4v) is 3.86. The Morgan fingerprint density at radius 1 is 1.09 bits per heavy atom. The third kappa shape index (κ3) is 3.16. The van der Waals surface area contributed by atoms with Gasteiger partial charge in [0.15, 0.2) is 11.5 Å². The lowest BCUT2D eigenvalue weighted by Crippen LogP contribution is -2.36. The van der Waals surface area contributed by atoms with Crippen LogP contribution in [0.1, 0.15) is 6.42 Å². The van der Waals surface area contributed by atoms with Crippen LogP contribution >= 0.6 is 0 Å². The number of halogens is 3. The molecule has 2 aliphatic rings. The number of hydrogen-bond acceptors (Lipinski definition) is 4. The molecule has 0 aliphatic carbocycles. The SMILES string of the molecule is O=S(=O)(c1ccc2c(c1)OCCO2)N1CC=C(C(F)(F)F)CC1. The molecule has 1 aromatic rings. The van der Waals surface area contributed by atoms with Crippen LogP contribution in [0.25, 0.3) is 0 Å². The van der Waals surface area contributed by atoms with Crippen LogP contribution in [0.2, 0.25) is 0 Å². The molecule has 0 N–H and O–H groups in total. The number of benzene rings is 1. The van der Waals surface area contributed by atoms with Crippen molar-refractivity contribution in [1.82, 2.24) is 4.31 Å². The summed E-state index contributed by atoms with van der Waals surface area (Å²) in [6, 6.07) is 4.20. The lowest BCUT2D eigenvalue weighted by molar-refractivity contribution is -0.0953. The van der Waals surface area contributed by atoms with Gasteiger partial charge in [0.1, 0.15) is 13.2 Å². The maximum absolute atomic E-state index is 12.6. The molecule has 0 saturated carbocycles. The van der Waals surface area contributed by atoms with E-state index in [2.05, 4.69) is 0 Å². The highest BCUT2D eigenvalue weighted by molar-refractivity contribution is 7.89. The van der Waals surface area contributed by atoms with Crippen molar-refractivity contribution in [3.63, 3.8) is 0 Å². The van der Waals surface area contributed by atoms with Crippen molar-refractivity contribution < 1.29 is 31.1 Å². The summed E-state index contributed by atoms with van der Waals surface area (Å²) in [6.45, 7) is 0.196. The number of rotatable bonds is 2. The zero-order chi connectivity index (χ0) is 16.7. The minimum Gasteiger partial charge on any atom is -0.486 e. The maximum Gasteiger partial charge on any atom is 0.412 e. The summed E-state index contributed by atoms with van der Waals surface area (Å²) in [5.74, 6) is 0.772. The van der Waals surface area contributed by atoms with Gasteiger partial charge < -0.3 is 9.47 Å². The van der Waals surface area contributed by atoms with Crippen molar-refractivity contribution in [2.75, 3.05) is 26.3 Å². The summed E-state index contributed by atoms with van der Waals surface area (Å²) in [5.41, 5.74) is -0.689. The van der Waals surface area contributed by atoms with Crippen LogP contribution in [0.5, 0.6) is 11.5 Å². The molecule has 0 unspecified atom stereocenters. The van der Waals surface area contributed by atoms with E-state index in [-0.39, 0.29) is 24.4 Å². The highest BCUT2D eigenvalue weighted by atomic mass is 32.2. The zero-order valence-corrected chi connectivity index (χ0v) is 12.8. The van der Waals surface area contributed by atoms with Crippen molar-refractivity contribution in [1.29, 1.82) is 0 Å². The third-order valence-corrected chi connectivity index (χ3v) is 5.55. The first kappa shape index (κ1) is 16.1. The molecule has 0 amide bonds. The standard InChI is InChI=1S/C14H14F3NO4S/c15-14(16,17)10-3-5-18(6-4-10)23(19,20)11-1-2-12-13(9-11)22-8-7-21-12/h1-3,9H,4-8H2. The highest BCUT2D eigenvalue weighted by Gasteiger charge is 2.37. The Balaban J connectivity index is 1.84. The van der Waals surface area contributed by atoms with E-state index in [0.717, 1.165) is 10.4 Å². The monoisotopic (exact) mass is 349 g/mol. The number of hydrogen-bond donors (Lipinski definition) is 0. The number of fused-ring (bicyclic) bond motifs is 1. The molecule has 9 heteroatoms. The summed E-state index contributed by atoms with van der Waals surface area (Å²) in [5, 5.41) is 0. The van der Waals surface area contributed by atoms with Gasteiger partial charge in [-0.1, -0.05) is 6.08 Å². The van der Waals surface area contributed by atoms with E-state index in [1.165, 1.54) is 18.2 Å². The molecule has 2 aliphatic heterocycles. The van der Waals surface area contributed by atoms with Gasteiger partial charge in [-0.05, 0) is 18.6 Å². The second-order valence-corrected chi connectivity index (χ2v) is 7.08. The Kier molecular flexibility index (Phi) is 4.01. The zero-order valence-electron chi connectivity index (χ0n) is 12.0. The van der Waals surface area contributed by atoms with Crippen LogP contribution in [0.4, 0.5) is 13.2 Å². The average molecular weight is 349 g/mol. The lowest BCUT2D eigenvalue weighted by atomic mass is 10.1. The fraction of sp³-hybridized carbons (Fsp3) is 0.429. The van der Waals surface area contributed by atoms with Crippen LogP contribution < -0.4 is 9.47 Å². The first-order chi connectivity index (χ1) is 10.8. The number of sulfonamides is 1. The number of ether oxygens (including phenoxy) is 2. The molecule has 0 bridgehead atoms. The normalized spacial score (nSPS) is 19.3. The molecular weight excluding hydrogens is 335 g/mol. The van der Waals surface area contributed by atoms with Gasteiger partial charge in [-0.3, -0.25) is 0 Å². The molecule has 0 aromatic heterocycles. The molecule has 5 nitrogen and oxygen atoms in total. The van der Waals surface area contributed by atoms with Gasteiger partial charge in [0.2, 0.25) is 10.0 Å². The molecule has 126 valence electrons. The van der Waals surface area contributed by atoms with Crippen molar-refractivity contribution in [3.8, 4) is 11.5 Å². The largest absolute Gasteiger partial charge is 0.486 e. The van der Waals surface area contributed by atoms with Gasteiger partial charge >= 0.3 is 6.18 Å². The Bertz CT molecular complexity index is 743. The maximum atomic E-state index is 12.6. The predicted molar refractivity (Wildman–Crippen MR) is 74.9 cm³/mol. The Morgan fingerprint density at radius 3 is 2.39 bits per heavy atom. The Morgan fingerprint density at radius 2 is 1.78 bits per heavy atom. The van der Waals surface area contributed by atoms with E-state index in [0.29, 0.717) is 24.7 Å². The van der Waals surface area contributed by atoms with Gasteiger partial charge in [-0.2, -0.15) is 17.5 Å². The molecular formula is C14H14F3NO4S. The Labute approximate surface area is 131 Å². The summed E-state index contributed by atoms with van der Waals surface area (Å²) in [4.78, 5) is -0.0226. The van der Waals surface area contributed by atoms with Gasteiger partial charge in [-0.15, -0.1) is 0 Å². The van der Waals surface area contributed by atoms with Gasteiger partial charge in [-0.25, -0.2) is 8.42 Å². The van der Waals surface area contributed by atoms with Crippen molar-refractivity contribution >= 4 is 10.0 Å². The quantitative estimate of drug-likeness (QED) is 0.769. The van der Waals surface area contributed by atoms with Gasteiger partial charge in [0, 0.05) is 24.7 Å². The molecule has 0 spiro atoms. The summed E-state index contributed by atoms with van der Waals surface area (Å²) >= 11 is 0. The van der Waals surface area contributed by atoms with Crippen LogP contribution in [-0.2, 0) is 10.0 Å². The summed E-state index contributed by atoms with van der Waals surface area (Å²) in [6.07, 6.45) is -3.85. The smallest absolute Gasteiger partial charge is 0.412 e. The van der Waals surface area contributed by atoms with Crippen LogP contribution in [0.3, 0.4) is 0 Å². The van der Waals surface area contributed by atoms with Gasteiger partial charge in [0.25, 0.3) is 0 Å². The van der Waals surface area contributed by atoms with Gasteiger partial charge in [0.05, 0.1) is 4.90 Å². The van der Waals surface area contributed by atoms with Crippen LogP contribution in [-0.4, -0.2) is 45.2 Å². The molecule has 23 heavy (non-hydrogen) atoms. The van der Waals surface area contributed by atoms with E-state index < -0.39 is 21.8 Å². The number of alkyl halides is 3. The molecule has 0 atom stereocenters. The minimum absolute atomic E-state index is 0.0226. The van der Waals surface area contributed by atoms with E-state index in [1.807, 2.05) is 0 Å². The second-order valence-electron chi connectivity index (χ2n) is 5.15. The summed E-state index contributed by atoms with van der Waals surface area (Å²) in [7, 11) is -3.88. The number of nitrogens with zero attached hydrogens (tertiary/aromatic N) is 1. The van der Waals surface area contributed by atoms with E-state index in [9.17, 15) is 21.6 Å². The van der Waals surface area contributed by atoms with Crippen molar-refractivity contribution in [2.24, 2.45) is 0 Å². The summed E-state index contributed by atoms with van der Waals surface area (Å²) < 4.78 is 74.6. The average Bonchev–Trinajstić information content (AvgIpc) is 2.53. The van der Waals surface area contributed by atoms with Crippen molar-refractivity contribution in [2.45, 2.75) is 17.5 Å². The van der Waals surface area contributed by atoms with E-state index in [1.54, 1.807) is 0 Å². The van der Waals surface area contributed by atoms with E-state index in [4.69, 9.17) is 9.47 Å². The first-order valence-electron chi connectivity index (χ1n) is 6.94. The molecule has 2 heterocycles. The molecule has 1 aromatic carbocycles. The van der Waals surface area contributed by atoms with Crippen LogP contribution in [0, 0.1) is 0 Å². The third-order valence-electron chi connectivity index (χ3n) is 3.69. The minimum atomic E-state index is -4.41. The molecule has 0 radical (unpaired) electrons. The first-order valence-corrected chi connectivity index (χ1v) is 8.38. The molecule has 0 fully saturated rings. The lowest BCUT2D eigenvalue weighted by Gasteiger charge is -2.27. The van der Waals surface area contributed by atoms with E-state index >= 15 is 0 Å². The Hall–Kier alpha value is -1.74. The van der Waals surface area contributed by atoms with Crippen molar-refractivity contribution in [3.05, 3.63) is 29.8 Å². The topological polar surface area (TPSA) is 55.8 Å². The highest BCUT2D eigenvalue weighted by Crippen LogP contribution is 2.35. The predicted octanol–water partition coefficient (Wildman–Crippen LogP) is 2.34. The van der Waals surface area contributed by atoms with Crippen LogP contribution in [0.15, 0.2) is 34.7 Å². The molecule has 3 rings (SSSR count). The fourth-order valence-electron chi connectivity index (χ4n) is 2.46.